The Morgan fingerprint density at radius 2 is 0.923 bits per heavy atom. The number of aliphatic carboxylic acids is 3. The van der Waals surface area contributed by atoms with Crippen LogP contribution in [0.4, 0.5) is 0 Å². The maximum Gasteiger partial charge on any atom is 0.335 e. The van der Waals surface area contributed by atoms with Crippen LogP contribution in [0.15, 0.2) is 12.2 Å². The standard InChI is InChI=1S/C4H7NO.2C4H8O3.C4H6O2/c1-4(2,6)3-5;2*1-4(2,7)3(5)6;1-3(2)4(5)6/h6H,1-2H3;2*7H,1-2H3,(H,5,6);1H2,2H3,(H,5,6). The molecule has 0 heterocycles. The average molecular weight is 379 g/mol. The third kappa shape index (κ3) is 33.2. The first kappa shape index (κ1) is 31.3. The molecule has 0 bridgehead atoms. The van der Waals surface area contributed by atoms with Gasteiger partial charge in [-0.3, -0.25) is 0 Å². The number of nitrogens with zero attached hydrogens (tertiary/aromatic N) is 1. The normalized spacial score (nSPS) is 10.2. The third-order valence-corrected chi connectivity index (χ3v) is 1.69. The molecule has 10 nitrogen and oxygen atoms in total. The summed E-state index contributed by atoms with van der Waals surface area (Å²) in [5, 5.41) is 57.2. The first-order valence-electron chi connectivity index (χ1n) is 7.03. The summed E-state index contributed by atoms with van der Waals surface area (Å²) < 4.78 is 0. The molecule has 0 fully saturated rings. The Morgan fingerprint density at radius 1 is 0.808 bits per heavy atom. The Balaban J connectivity index is -0.000000124. The topological polar surface area (TPSA) is 196 Å². The van der Waals surface area contributed by atoms with Crippen LogP contribution in [0.1, 0.15) is 48.5 Å². The van der Waals surface area contributed by atoms with Crippen molar-refractivity contribution in [3.8, 4) is 6.07 Å². The van der Waals surface area contributed by atoms with Gasteiger partial charge < -0.3 is 30.6 Å². The van der Waals surface area contributed by atoms with Crippen molar-refractivity contribution in [2.75, 3.05) is 0 Å². The molecule has 0 rings (SSSR count). The van der Waals surface area contributed by atoms with E-state index >= 15 is 0 Å². The van der Waals surface area contributed by atoms with Gasteiger partial charge >= 0.3 is 17.9 Å². The quantitative estimate of drug-likeness (QED) is 0.298. The van der Waals surface area contributed by atoms with E-state index in [1.54, 1.807) is 6.07 Å². The molecule has 0 atom stereocenters. The fourth-order valence-electron chi connectivity index (χ4n) is 0. The van der Waals surface area contributed by atoms with Crippen molar-refractivity contribution in [2.24, 2.45) is 0 Å². The van der Waals surface area contributed by atoms with E-state index in [0.29, 0.717) is 0 Å². The van der Waals surface area contributed by atoms with Crippen LogP contribution in [-0.4, -0.2) is 65.4 Å². The fraction of sp³-hybridized carbons (Fsp3) is 0.625. The molecule has 0 aromatic heterocycles. The monoisotopic (exact) mass is 379 g/mol. The van der Waals surface area contributed by atoms with Crippen LogP contribution < -0.4 is 0 Å². The molecule has 6 N–H and O–H groups in total. The van der Waals surface area contributed by atoms with Crippen LogP contribution in [0.25, 0.3) is 0 Å². The van der Waals surface area contributed by atoms with Gasteiger partial charge in [0.15, 0.2) is 11.2 Å². The van der Waals surface area contributed by atoms with E-state index in [0.717, 1.165) is 0 Å². The van der Waals surface area contributed by atoms with Crippen LogP contribution in [0, 0.1) is 11.3 Å². The summed E-state index contributed by atoms with van der Waals surface area (Å²) in [6.45, 7) is 12.3. The van der Waals surface area contributed by atoms with Gasteiger partial charge in [-0.05, 0) is 48.5 Å². The predicted octanol–water partition coefficient (Wildman–Crippen LogP) is 0.612. The highest BCUT2D eigenvalue weighted by Gasteiger charge is 2.22. The second-order valence-electron chi connectivity index (χ2n) is 6.48. The van der Waals surface area contributed by atoms with Crippen LogP contribution >= 0.6 is 0 Å². The molecule has 152 valence electrons. The maximum absolute atomic E-state index is 9.77. The third-order valence-electron chi connectivity index (χ3n) is 1.69. The van der Waals surface area contributed by atoms with Crippen molar-refractivity contribution in [3.63, 3.8) is 0 Å². The highest BCUT2D eigenvalue weighted by molar-refractivity contribution is 5.84. The number of carboxylic acids is 3. The highest BCUT2D eigenvalue weighted by atomic mass is 16.4. The van der Waals surface area contributed by atoms with Gasteiger partial charge in [0.1, 0.15) is 5.60 Å². The molecule has 0 aliphatic rings. The molecule has 0 spiro atoms. The highest BCUT2D eigenvalue weighted by Crippen LogP contribution is 1.98. The van der Waals surface area contributed by atoms with Gasteiger partial charge in [-0.25, -0.2) is 14.4 Å². The Bertz CT molecular complexity index is 476. The zero-order valence-corrected chi connectivity index (χ0v) is 16.1. The van der Waals surface area contributed by atoms with Gasteiger partial charge in [0.25, 0.3) is 0 Å². The Morgan fingerprint density at radius 3 is 0.923 bits per heavy atom. The van der Waals surface area contributed by atoms with Gasteiger partial charge in [0, 0.05) is 5.57 Å². The predicted molar refractivity (Wildman–Crippen MR) is 92.2 cm³/mol. The van der Waals surface area contributed by atoms with Crippen LogP contribution in [0.3, 0.4) is 0 Å². The molecular weight excluding hydrogens is 350 g/mol. The second kappa shape index (κ2) is 12.8. The molecule has 0 saturated carbocycles. The minimum atomic E-state index is -1.58. The van der Waals surface area contributed by atoms with Gasteiger partial charge in [0.05, 0.1) is 6.07 Å². The Kier molecular flexibility index (Phi) is 15.4. The maximum atomic E-state index is 9.77. The van der Waals surface area contributed by atoms with E-state index in [-0.39, 0.29) is 5.57 Å². The molecule has 10 heteroatoms. The van der Waals surface area contributed by atoms with Gasteiger partial charge in [-0.15, -0.1) is 0 Å². The van der Waals surface area contributed by atoms with Crippen molar-refractivity contribution in [1.29, 1.82) is 5.26 Å². The molecule has 0 aromatic carbocycles. The minimum Gasteiger partial charge on any atom is -0.479 e. The zero-order chi connectivity index (χ0) is 22.5. The lowest BCUT2D eigenvalue weighted by atomic mass is 10.1. The molecular formula is C16H29NO9. The molecule has 0 amide bonds. The number of carbonyl (C=O) groups is 3. The number of rotatable bonds is 3. The van der Waals surface area contributed by atoms with Crippen molar-refractivity contribution >= 4 is 17.9 Å². The second-order valence-corrected chi connectivity index (χ2v) is 6.48. The van der Waals surface area contributed by atoms with Crippen molar-refractivity contribution in [3.05, 3.63) is 12.2 Å². The van der Waals surface area contributed by atoms with E-state index in [1.807, 2.05) is 0 Å². The summed E-state index contributed by atoms with van der Waals surface area (Å²) in [5.41, 5.74) is -4.14. The Hall–Kier alpha value is -2.48. The molecule has 0 aliphatic heterocycles. The number of hydrogen-bond acceptors (Lipinski definition) is 7. The van der Waals surface area contributed by atoms with E-state index < -0.39 is 34.7 Å². The van der Waals surface area contributed by atoms with E-state index in [4.69, 9.17) is 35.9 Å². The lowest BCUT2D eigenvalue weighted by Crippen LogP contribution is -2.30. The largest absolute Gasteiger partial charge is 0.479 e. The van der Waals surface area contributed by atoms with Gasteiger partial charge in [-0.2, -0.15) is 5.26 Å². The molecule has 0 unspecified atom stereocenters. The minimum absolute atomic E-state index is 0.176. The van der Waals surface area contributed by atoms with Crippen LogP contribution in [0.2, 0.25) is 0 Å². The summed E-state index contributed by atoms with van der Waals surface area (Å²) in [6.07, 6.45) is 0. The van der Waals surface area contributed by atoms with Crippen molar-refractivity contribution < 1.29 is 45.0 Å². The summed E-state index contributed by atoms with van der Waals surface area (Å²) in [7, 11) is 0. The number of nitriles is 1. The first-order valence-corrected chi connectivity index (χ1v) is 7.03. The lowest BCUT2D eigenvalue weighted by Gasteiger charge is -2.07. The molecule has 26 heavy (non-hydrogen) atoms. The number of aliphatic hydroxyl groups is 3. The van der Waals surface area contributed by atoms with E-state index in [1.165, 1.54) is 48.5 Å². The summed E-state index contributed by atoms with van der Waals surface area (Å²) >= 11 is 0. The number of hydrogen-bond donors (Lipinski definition) is 6. The van der Waals surface area contributed by atoms with Gasteiger partial charge in [-0.1, -0.05) is 6.58 Å². The van der Waals surface area contributed by atoms with Crippen molar-refractivity contribution in [1.82, 2.24) is 0 Å². The van der Waals surface area contributed by atoms with Crippen LogP contribution in [-0.2, 0) is 14.4 Å². The zero-order valence-electron chi connectivity index (χ0n) is 16.1. The van der Waals surface area contributed by atoms with Crippen LogP contribution in [0.5, 0.6) is 0 Å². The summed E-state index contributed by atoms with van der Waals surface area (Å²) in [4.78, 5) is 29.1. The smallest absolute Gasteiger partial charge is 0.335 e. The van der Waals surface area contributed by atoms with Gasteiger partial charge in [0.2, 0.25) is 0 Å². The van der Waals surface area contributed by atoms with E-state index in [2.05, 4.69) is 6.58 Å². The molecule has 0 saturated heterocycles. The Labute approximate surface area is 152 Å². The van der Waals surface area contributed by atoms with Crippen molar-refractivity contribution in [2.45, 2.75) is 65.3 Å². The fourth-order valence-corrected chi connectivity index (χ4v) is 0. The first-order chi connectivity index (χ1) is 11.1. The molecule has 0 radical (unpaired) electrons. The number of carboxylic acid groups (broad SMARTS) is 3. The summed E-state index contributed by atoms with van der Waals surface area (Å²) in [6, 6.07) is 1.66. The lowest BCUT2D eigenvalue weighted by molar-refractivity contribution is -0.155. The molecule has 0 aliphatic carbocycles. The molecule has 0 aromatic rings. The van der Waals surface area contributed by atoms with E-state index in [9.17, 15) is 14.4 Å². The average Bonchev–Trinajstić information content (AvgIpc) is 2.37. The SMILES string of the molecule is C=C(C)C(=O)O.CC(C)(O)C#N.CC(C)(O)C(=O)O.CC(C)(O)C(=O)O. The summed E-state index contributed by atoms with van der Waals surface area (Å²) in [5.74, 6) is -3.34.